The molecule has 11 heavy (non-hydrogen) atoms. The van der Waals surface area contributed by atoms with E-state index in [1.54, 1.807) is 11.3 Å². The van der Waals surface area contributed by atoms with Gasteiger partial charge in [-0.25, -0.2) is 4.98 Å². The second-order valence-corrected chi connectivity index (χ2v) is 4.20. The minimum atomic E-state index is 1.19. The summed E-state index contributed by atoms with van der Waals surface area (Å²) >= 11 is 1.81. The van der Waals surface area contributed by atoms with Crippen molar-refractivity contribution in [1.29, 1.82) is 0 Å². The molecule has 0 atom stereocenters. The van der Waals surface area contributed by atoms with E-state index >= 15 is 0 Å². The van der Waals surface area contributed by atoms with Crippen LogP contribution in [0.4, 0.5) is 0 Å². The maximum atomic E-state index is 4.48. The van der Waals surface area contributed by atoms with Gasteiger partial charge in [-0.3, -0.25) is 0 Å². The molecule has 0 radical (unpaired) electrons. The summed E-state index contributed by atoms with van der Waals surface area (Å²) in [7, 11) is 0. The standard InChI is InChI=1S/C9H11NS/c1-6-4-3-5-8-9(6)10-7(2)11-8/h5H,3-4H2,1-2H3. The molecule has 0 fully saturated rings. The number of fused-ring (bicyclic) bond motifs is 1. The first-order valence-electron chi connectivity index (χ1n) is 3.91. The largest absolute Gasteiger partial charge is 0.242 e. The summed E-state index contributed by atoms with van der Waals surface area (Å²) in [5, 5.41) is 2.44. The Kier molecular flexibility index (Phi) is 1.57. The van der Waals surface area contributed by atoms with E-state index in [1.807, 2.05) is 0 Å². The molecule has 0 aliphatic heterocycles. The highest BCUT2D eigenvalue weighted by Gasteiger charge is 2.02. The van der Waals surface area contributed by atoms with Gasteiger partial charge in [0.05, 0.1) is 14.9 Å². The van der Waals surface area contributed by atoms with Crippen LogP contribution in [0.5, 0.6) is 0 Å². The molecule has 0 bridgehead atoms. The Hall–Kier alpha value is -0.630. The summed E-state index contributed by atoms with van der Waals surface area (Å²) in [6.07, 6.45) is 4.68. The fourth-order valence-electron chi connectivity index (χ4n) is 1.43. The first kappa shape index (κ1) is 7.04. The number of hydrogen-bond acceptors (Lipinski definition) is 2. The molecule has 0 spiro atoms. The van der Waals surface area contributed by atoms with Crippen LogP contribution in [0.2, 0.25) is 0 Å². The van der Waals surface area contributed by atoms with Crippen molar-refractivity contribution in [2.45, 2.75) is 26.7 Å². The highest BCUT2D eigenvalue weighted by molar-refractivity contribution is 7.09. The quantitative estimate of drug-likeness (QED) is 0.563. The topological polar surface area (TPSA) is 12.9 Å². The molecule has 2 heteroatoms. The molecule has 1 heterocycles. The van der Waals surface area contributed by atoms with Gasteiger partial charge < -0.3 is 0 Å². The summed E-state index contributed by atoms with van der Waals surface area (Å²) < 4.78 is 1.38. The summed E-state index contributed by atoms with van der Waals surface area (Å²) in [4.78, 5) is 4.48. The van der Waals surface area contributed by atoms with Crippen molar-refractivity contribution in [3.63, 3.8) is 0 Å². The van der Waals surface area contributed by atoms with Crippen molar-refractivity contribution in [3.8, 4) is 0 Å². The van der Waals surface area contributed by atoms with Crippen LogP contribution in [0.15, 0.2) is 0 Å². The van der Waals surface area contributed by atoms with Gasteiger partial charge in [-0.05, 0) is 32.3 Å². The molecule has 1 aliphatic rings. The zero-order valence-electron chi connectivity index (χ0n) is 6.85. The lowest BCUT2D eigenvalue weighted by molar-refractivity contribution is 1.05. The van der Waals surface area contributed by atoms with Gasteiger partial charge in [-0.15, -0.1) is 11.3 Å². The van der Waals surface area contributed by atoms with E-state index < -0.39 is 0 Å². The van der Waals surface area contributed by atoms with Crippen LogP contribution in [0, 0.1) is 6.92 Å². The molecule has 1 aromatic heterocycles. The van der Waals surface area contributed by atoms with Gasteiger partial charge in [-0.1, -0.05) is 6.08 Å². The number of rotatable bonds is 0. The minimum absolute atomic E-state index is 1.19. The average Bonchev–Trinajstić information content (AvgIpc) is 2.31. The third kappa shape index (κ3) is 1.11. The van der Waals surface area contributed by atoms with Gasteiger partial charge in [0, 0.05) is 0 Å². The van der Waals surface area contributed by atoms with Gasteiger partial charge >= 0.3 is 0 Å². The molecule has 0 unspecified atom stereocenters. The summed E-state index contributed by atoms with van der Waals surface area (Å²) in [6.45, 7) is 4.26. The zero-order chi connectivity index (χ0) is 7.84. The SMILES string of the molecule is CC1=c2nc(C)sc2=CCC1. The zero-order valence-corrected chi connectivity index (χ0v) is 7.66. The van der Waals surface area contributed by atoms with Crippen LogP contribution in [-0.4, -0.2) is 4.98 Å². The van der Waals surface area contributed by atoms with Crippen molar-refractivity contribution in [1.82, 2.24) is 4.98 Å². The van der Waals surface area contributed by atoms with Crippen LogP contribution in [-0.2, 0) is 0 Å². The van der Waals surface area contributed by atoms with Gasteiger partial charge in [0.15, 0.2) is 0 Å². The Labute approximate surface area is 70.1 Å². The van der Waals surface area contributed by atoms with Crippen LogP contribution < -0.4 is 9.88 Å². The third-order valence-corrected chi connectivity index (χ3v) is 2.98. The van der Waals surface area contributed by atoms with Gasteiger partial charge in [-0.2, -0.15) is 0 Å². The maximum absolute atomic E-state index is 4.48. The van der Waals surface area contributed by atoms with E-state index in [1.165, 1.54) is 33.3 Å². The van der Waals surface area contributed by atoms with Crippen LogP contribution in [0.25, 0.3) is 11.6 Å². The number of thiazole rings is 1. The van der Waals surface area contributed by atoms with E-state index in [-0.39, 0.29) is 0 Å². The molecule has 1 aliphatic carbocycles. The second-order valence-electron chi connectivity index (χ2n) is 2.97. The van der Waals surface area contributed by atoms with Gasteiger partial charge in [0.2, 0.25) is 0 Å². The van der Waals surface area contributed by atoms with Crippen molar-refractivity contribution >= 4 is 23.0 Å². The van der Waals surface area contributed by atoms with E-state index in [0.29, 0.717) is 0 Å². The molecule has 0 N–H and O–H groups in total. The molecule has 1 aromatic rings. The molecule has 0 amide bonds. The Morgan fingerprint density at radius 2 is 2.27 bits per heavy atom. The first-order chi connectivity index (χ1) is 5.27. The number of aromatic nitrogens is 1. The number of aryl methyl sites for hydroxylation is 1. The average molecular weight is 165 g/mol. The number of nitrogens with zero attached hydrogens (tertiary/aromatic N) is 1. The minimum Gasteiger partial charge on any atom is -0.242 e. The number of hydrogen-bond donors (Lipinski definition) is 0. The molecule has 2 rings (SSSR count). The predicted octanol–water partition coefficient (Wildman–Crippen LogP) is 1.20. The van der Waals surface area contributed by atoms with Crippen molar-refractivity contribution < 1.29 is 0 Å². The molecular formula is C9H11NS. The normalized spacial score (nSPS) is 16.0. The molecular weight excluding hydrogens is 154 g/mol. The fourth-order valence-corrected chi connectivity index (χ4v) is 2.40. The van der Waals surface area contributed by atoms with E-state index in [0.717, 1.165) is 0 Å². The monoisotopic (exact) mass is 165 g/mol. The van der Waals surface area contributed by atoms with E-state index in [4.69, 9.17) is 0 Å². The van der Waals surface area contributed by atoms with Gasteiger partial charge in [0.25, 0.3) is 0 Å². The van der Waals surface area contributed by atoms with Crippen molar-refractivity contribution in [3.05, 3.63) is 14.9 Å². The van der Waals surface area contributed by atoms with E-state index in [2.05, 4.69) is 24.9 Å². The lowest BCUT2D eigenvalue weighted by Gasteiger charge is -1.99. The fraction of sp³-hybridized carbons (Fsp3) is 0.444. The van der Waals surface area contributed by atoms with Crippen LogP contribution >= 0.6 is 11.3 Å². The Morgan fingerprint density at radius 3 is 3.00 bits per heavy atom. The molecule has 58 valence electrons. The lowest BCUT2D eigenvalue weighted by atomic mass is 10.1. The highest BCUT2D eigenvalue weighted by Crippen LogP contribution is 2.07. The van der Waals surface area contributed by atoms with Crippen LogP contribution in [0.1, 0.15) is 24.8 Å². The highest BCUT2D eigenvalue weighted by atomic mass is 32.1. The smallest absolute Gasteiger partial charge is 0.0907 e. The van der Waals surface area contributed by atoms with E-state index in [9.17, 15) is 0 Å². The van der Waals surface area contributed by atoms with Gasteiger partial charge in [0.1, 0.15) is 0 Å². The Balaban J connectivity index is 2.88. The molecule has 1 nitrogen and oxygen atoms in total. The van der Waals surface area contributed by atoms with Crippen molar-refractivity contribution in [2.75, 3.05) is 0 Å². The molecule has 0 saturated heterocycles. The predicted molar refractivity (Wildman–Crippen MR) is 48.9 cm³/mol. The Bertz CT molecular complexity index is 386. The lowest BCUT2D eigenvalue weighted by Crippen LogP contribution is -2.25. The summed E-state index contributed by atoms with van der Waals surface area (Å²) in [5.41, 5.74) is 1.45. The summed E-state index contributed by atoms with van der Waals surface area (Å²) in [6, 6.07) is 0. The maximum Gasteiger partial charge on any atom is 0.0907 e. The van der Waals surface area contributed by atoms with Crippen LogP contribution in [0.3, 0.4) is 0 Å². The second kappa shape index (κ2) is 2.45. The molecule has 0 saturated carbocycles. The van der Waals surface area contributed by atoms with Crippen molar-refractivity contribution in [2.24, 2.45) is 0 Å². The third-order valence-electron chi connectivity index (χ3n) is 2.01. The first-order valence-corrected chi connectivity index (χ1v) is 4.72. The molecule has 0 aromatic carbocycles. The summed E-state index contributed by atoms with van der Waals surface area (Å²) in [5.74, 6) is 0. The Morgan fingerprint density at radius 1 is 1.45 bits per heavy atom.